The summed E-state index contributed by atoms with van der Waals surface area (Å²) >= 11 is 0. The van der Waals surface area contributed by atoms with E-state index in [1.807, 2.05) is 6.08 Å². The predicted octanol–water partition coefficient (Wildman–Crippen LogP) is 7.38. The second-order valence-electron chi connectivity index (χ2n) is 7.43. The topological polar surface area (TPSA) is 3.24 Å². The molecule has 0 saturated heterocycles. The van der Waals surface area contributed by atoms with Crippen LogP contribution in [0.1, 0.15) is 85.0 Å². The van der Waals surface area contributed by atoms with E-state index >= 15 is 0 Å². The van der Waals surface area contributed by atoms with Crippen LogP contribution in [-0.2, 0) is 0 Å². The average Bonchev–Trinajstić information content (AvgIpc) is 2.67. The van der Waals surface area contributed by atoms with Crippen LogP contribution in [0.3, 0.4) is 0 Å². The van der Waals surface area contributed by atoms with Gasteiger partial charge >= 0.3 is 0 Å². The molecular formula is C25H39N. The summed E-state index contributed by atoms with van der Waals surface area (Å²) in [7, 11) is 0. The first kappa shape index (κ1) is 22.4. The molecule has 26 heavy (non-hydrogen) atoms. The first-order chi connectivity index (χ1) is 12.7. The molecule has 1 aromatic rings. The van der Waals surface area contributed by atoms with E-state index in [4.69, 9.17) is 0 Å². The lowest BCUT2D eigenvalue weighted by Gasteiger charge is -2.39. The second kappa shape index (κ2) is 13.5. The molecule has 0 amide bonds. The van der Waals surface area contributed by atoms with E-state index in [9.17, 15) is 0 Å². The average molecular weight is 354 g/mol. The smallest absolute Gasteiger partial charge is 0.0987 e. The number of anilines is 1. The van der Waals surface area contributed by atoms with Gasteiger partial charge in [-0.25, -0.2) is 0 Å². The minimum Gasteiger partial charge on any atom is -0.352 e. The maximum Gasteiger partial charge on any atom is 0.0987 e. The minimum atomic E-state index is -0.131. The van der Waals surface area contributed by atoms with Crippen molar-refractivity contribution in [3.05, 3.63) is 43.0 Å². The molecule has 1 heteroatoms. The second-order valence-corrected chi connectivity index (χ2v) is 7.43. The van der Waals surface area contributed by atoms with E-state index in [-0.39, 0.29) is 5.54 Å². The van der Waals surface area contributed by atoms with Crippen molar-refractivity contribution in [3.8, 4) is 11.8 Å². The van der Waals surface area contributed by atoms with E-state index in [1.165, 1.54) is 57.1 Å². The summed E-state index contributed by atoms with van der Waals surface area (Å²) < 4.78 is 0. The lowest BCUT2D eigenvalue weighted by molar-refractivity contribution is 0.471. The van der Waals surface area contributed by atoms with Gasteiger partial charge in [0.15, 0.2) is 0 Å². The molecule has 0 bridgehead atoms. The van der Waals surface area contributed by atoms with Gasteiger partial charge in [-0.1, -0.05) is 89.0 Å². The molecule has 1 unspecified atom stereocenters. The highest BCUT2D eigenvalue weighted by atomic mass is 15.2. The van der Waals surface area contributed by atoms with Gasteiger partial charge in [-0.05, 0) is 31.9 Å². The van der Waals surface area contributed by atoms with Crippen molar-refractivity contribution < 1.29 is 0 Å². The molecule has 0 aromatic heterocycles. The zero-order valence-electron chi connectivity index (χ0n) is 17.4. The Morgan fingerprint density at radius 2 is 1.62 bits per heavy atom. The van der Waals surface area contributed by atoms with Gasteiger partial charge in [0.2, 0.25) is 0 Å². The van der Waals surface area contributed by atoms with Gasteiger partial charge in [0.25, 0.3) is 0 Å². The Labute approximate surface area is 162 Å². The summed E-state index contributed by atoms with van der Waals surface area (Å²) in [5.41, 5.74) is 1.11. The Bertz CT molecular complexity index is 536. The Morgan fingerprint density at radius 3 is 2.23 bits per heavy atom. The van der Waals surface area contributed by atoms with Gasteiger partial charge in [-0.15, -0.1) is 12.5 Å². The molecule has 0 aliphatic carbocycles. The molecule has 0 radical (unpaired) electrons. The zero-order valence-corrected chi connectivity index (χ0v) is 17.4. The van der Waals surface area contributed by atoms with Crippen LogP contribution in [0.25, 0.3) is 0 Å². The van der Waals surface area contributed by atoms with E-state index in [2.05, 4.69) is 74.4 Å². The van der Waals surface area contributed by atoms with Crippen LogP contribution in [0.4, 0.5) is 5.69 Å². The van der Waals surface area contributed by atoms with Gasteiger partial charge in [0, 0.05) is 18.7 Å². The summed E-state index contributed by atoms with van der Waals surface area (Å²) in [5, 5.41) is 0. The molecule has 144 valence electrons. The molecule has 1 nitrogen and oxygen atoms in total. The Hall–Kier alpha value is -1.68. The minimum absolute atomic E-state index is 0.131. The third kappa shape index (κ3) is 8.13. The summed E-state index contributed by atoms with van der Waals surface area (Å²) in [6.07, 6.45) is 14.4. The third-order valence-electron chi connectivity index (χ3n) is 5.01. The van der Waals surface area contributed by atoms with Gasteiger partial charge in [0.05, 0.1) is 5.54 Å². The fraction of sp³-hybridized carbons (Fsp3) is 0.600. The number of rotatable bonds is 13. The van der Waals surface area contributed by atoms with Crippen molar-refractivity contribution in [3.63, 3.8) is 0 Å². The van der Waals surface area contributed by atoms with Crippen molar-refractivity contribution in [1.29, 1.82) is 0 Å². The number of nitrogens with zero attached hydrogens (tertiary/aromatic N) is 1. The van der Waals surface area contributed by atoms with Gasteiger partial charge < -0.3 is 4.90 Å². The monoisotopic (exact) mass is 353 g/mol. The standard InChI is InChI=1S/C25H39N/c1-5-8-10-12-13-18-22-25(4,21-17-11-9-6-2)26(23-7-3)24-19-15-14-16-20-24/h7,14-16,19-20H,3,5-6,8-13,17,21,23H2,1-2,4H3. The predicted molar refractivity (Wildman–Crippen MR) is 118 cm³/mol. The van der Waals surface area contributed by atoms with E-state index in [0.717, 1.165) is 19.4 Å². The van der Waals surface area contributed by atoms with Gasteiger partial charge in [-0.2, -0.15) is 0 Å². The highest BCUT2D eigenvalue weighted by molar-refractivity contribution is 5.52. The molecule has 0 aliphatic rings. The number of para-hydroxylation sites is 1. The fourth-order valence-electron chi connectivity index (χ4n) is 3.38. The first-order valence-corrected chi connectivity index (χ1v) is 10.6. The van der Waals surface area contributed by atoms with Crippen molar-refractivity contribution in [2.45, 2.75) is 90.5 Å². The van der Waals surface area contributed by atoms with E-state index in [1.54, 1.807) is 0 Å². The molecule has 1 rings (SSSR count). The Morgan fingerprint density at radius 1 is 0.962 bits per heavy atom. The highest BCUT2D eigenvalue weighted by Crippen LogP contribution is 2.28. The van der Waals surface area contributed by atoms with Crippen LogP contribution in [0.15, 0.2) is 43.0 Å². The van der Waals surface area contributed by atoms with Crippen molar-refractivity contribution in [2.24, 2.45) is 0 Å². The lowest BCUT2D eigenvalue weighted by atomic mass is 9.91. The molecule has 0 saturated carbocycles. The maximum absolute atomic E-state index is 3.99. The molecule has 1 aromatic carbocycles. The normalized spacial score (nSPS) is 12.7. The van der Waals surface area contributed by atoms with E-state index in [0.29, 0.717) is 0 Å². The SMILES string of the molecule is C=CCN(c1ccccc1)C(C)(C#CCCCCCC)CCCCCC. The Balaban J connectivity index is 2.92. The Kier molecular flexibility index (Phi) is 11.6. The lowest BCUT2D eigenvalue weighted by Crippen LogP contribution is -2.46. The molecule has 0 heterocycles. The van der Waals surface area contributed by atoms with Gasteiger partial charge in [0.1, 0.15) is 0 Å². The fourth-order valence-corrected chi connectivity index (χ4v) is 3.38. The van der Waals surface area contributed by atoms with Crippen molar-refractivity contribution >= 4 is 5.69 Å². The number of hydrogen-bond acceptors (Lipinski definition) is 1. The number of benzene rings is 1. The van der Waals surface area contributed by atoms with Gasteiger partial charge in [-0.3, -0.25) is 0 Å². The van der Waals surface area contributed by atoms with Crippen LogP contribution in [0.2, 0.25) is 0 Å². The van der Waals surface area contributed by atoms with Crippen LogP contribution in [0, 0.1) is 11.8 Å². The largest absolute Gasteiger partial charge is 0.352 e. The quantitative estimate of drug-likeness (QED) is 0.203. The van der Waals surface area contributed by atoms with E-state index < -0.39 is 0 Å². The zero-order chi connectivity index (χ0) is 19.1. The van der Waals surface area contributed by atoms with Crippen LogP contribution < -0.4 is 4.90 Å². The summed E-state index contributed by atoms with van der Waals surface area (Å²) in [4.78, 5) is 2.44. The molecule has 0 N–H and O–H groups in total. The van der Waals surface area contributed by atoms with Crippen LogP contribution >= 0.6 is 0 Å². The first-order valence-electron chi connectivity index (χ1n) is 10.6. The molecular weight excluding hydrogens is 314 g/mol. The highest BCUT2D eigenvalue weighted by Gasteiger charge is 2.29. The summed E-state index contributed by atoms with van der Waals surface area (Å²) in [6.45, 7) is 11.7. The molecule has 1 atom stereocenters. The summed E-state index contributed by atoms with van der Waals surface area (Å²) in [5.74, 6) is 7.17. The third-order valence-corrected chi connectivity index (χ3v) is 5.01. The summed E-state index contributed by atoms with van der Waals surface area (Å²) in [6, 6.07) is 10.7. The number of hydrogen-bond donors (Lipinski definition) is 0. The van der Waals surface area contributed by atoms with Crippen LogP contribution in [0.5, 0.6) is 0 Å². The van der Waals surface area contributed by atoms with Crippen LogP contribution in [-0.4, -0.2) is 12.1 Å². The molecule has 0 fully saturated rings. The van der Waals surface area contributed by atoms with Crippen molar-refractivity contribution in [2.75, 3.05) is 11.4 Å². The van der Waals surface area contributed by atoms with Crippen molar-refractivity contribution in [1.82, 2.24) is 0 Å². The maximum atomic E-state index is 3.99. The molecule has 0 aliphatic heterocycles. The molecule has 0 spiro atoms. The number of unbranched alkanes of at least 4 members (excludes halogenated alkanes) is 7.